The van der Waals surface area contributed by atoms with E-state index in [-0.39, 0.29) is 5.91 Å². The van der Waals surface area contributed by atoms with Gasteiger partial charge in [0.25, 0.3) is 5.91 Å². The second kappa shape index (κ2) is 6.30. The molecule has 1 amide bonds. The van der Waals surface area contributed by atoms with Crippen LogP contribution in [0.2, 0.25) is 0 Å². The lowest BCUT2D eigenvalue weighted by molar-refractivity contribution is -0.113. The summed E-state index contributed by atoms with van der Waals surface area (Å²) in [5.74, 6) is -0.0486. The van der Waals surface area contributed by atoms with Gasteiger partial charge in [0.1, 0.15) is 0 Å². The maximum absolute atomic E-state index is 12.8. The molecule has 0 bridgehead atoms. The van der Waals surface area contributed by atoms with Gasteiger partial charge in [-0.25, -0.2) is 0 Å². The van der Waals surface area contributed by atoms with Gasteiger partial charge >= 0.3 is 0 Å². The van der Waals surface area contributed by atoms with E-state index < -0.39 is 0 Å². The Morgan fingerprint density at radius 2 is 1.65 bits per heavy atom. The molecule has 0 saturated carbocycles. The molecule has 2 aromatic carbocycles. The van der Waals surface area contributed by atoms with E-state index in [9.17, 15) is 4.79 Å². The van der Waals surface area contributed by atoms with Gasteiger partial charge in [0.15, 0.2) is 4.32 Å². The fourth-order valence-electron chi connectivity index (χ4n) is 2.55. The van der Waals surface area contributed by atoms with Crippen LogP contribution in [0.5, 0.6) is 0 Å². The Morgan fingerprint density at radius 1 is 1.00 bits per heavy atom. The first-order valence-corrected chi connectivity index (χ1v) is 8.60. The Bertz CT molecular complexity index is 822. The van der Waals surface area contributed by atoms with Crippen molar-refractivity contribution in [3.05, 3.63) is 69.6 Å². The van der Waals surface area contributed by atoms with Crippen molar-refractivity contribution < 1.29 is 4.79 Å². The van der Waals surface area contributed by atoms with Crippen LogP contribution in [0.25, 0.3) is 6.08 Å². The van der Waals surface area contributed by atoms with Crippen molar-refractivity contribution in [2.45, 2.75) is 20.8 Å². The summed E-state index contributed by atoms with van der Waals surface area (Å²) >= 11 is 6.79. The summed E-state index contributed by atoms with van der Waals surface area (Å²) < 4.78 is 0.584. The second-order valence-electron chi connectivity index (χ2n) is 5.72. The fourth-order valence-corrected chi connectivity index (χ4v) is 3.83. The molecule has 1 heterocycles. The average Bonchev–Trinajstić information content (AvgIpc) is 2.77. The van der Waals surface area contributed by atoms with Gasteiger partial charge in [-0.2, -0.15) is 0 Å². The second-order valence-corrected chi connectivity index (χ2v) is 7.39. The van der Waals surface area contributed by atoms with Crippen molar-refractivity contribution in [1.82, 2.24) is 0 Å². The van der Waals surface area contributed by atoms with Crippen molar-refractivity contribution >= 4 is 46.0 Å². The van der Waals surface area contributed by atoms with Crippen molar-refractivity contribution in [1.29, 1.82) is 0 Å². The van der Waals surface area contributed by atoms with E-state index in [4.69, 9.17) is 12.2 Å². The highest BCUT2D eigenvalue weighted by Gasteiger charge is 2.33. The molecule has 2 aromatic rings. The normalized spacial score (nSPS) is 16.5. The summed E-state index contributed by atoms with van der Waals surface area (Å²) in [6, 6.07) is 14.1. The topological polar surface area (TPSA) is 20.3 Å². The van der Waals surface area contributed by atoms with Gasteiger partial charge < -0.3 is 0 Å². The molecule has 2 nitrogen and oxygen atoms in total. The molecule has 1 fully saturated rings. The summed E-state index contributed by atoms with van der Waals surface area (Å²) in [7, 11) is 0. The van der Waals surface area contributed by atoms with E-state index in [0.717, 1.165) is 16.8 Å². The zero-order valence-corrected chi connectivity index (χ0v) is 14.9. The number of hydrogen-bond donors (Lipinski definition) is 0. The molecule has 0 N–H and O–H groups in total. The van der Waals surface area contributed by atoms with Crippen LogP contribution < -0.4 is 4.90 Å². The smallest absolute Gasteiger partial charge is 0.268 e. The highest BCUT2D eigenvalue weighted by molar-refractivity contribution is 8.27. The van der Waals surface area contributed by atoms with Crippen molar-refractivity contribution in [2.75, 3.05) is 4.90 Å². The number of nitrogens with zero attached hydrogens (tertiary/aromatic N) is 1. The van der Waals surface area contributed by atoms with Crippen LogP contribution in [0.4, 0.5) is 5.69 Å². The Morgan fingerprint density at radius 3 is 2.30 bits per heavy atom. The molecule has 0 aliphatic carbocycles. The summed E-state index contributed by atoms with van der Waals surface area (Å²) in [5, 5.41) is 0. The van der Waals surface area contributed by atoms with E-state index in [1.54, 1.807) is 4.90 Å². The Hall–Kier alpha value is -1.91. The monoisotopic (exact) mass is 339 g/mol. The largest absolute Gasteiger partial charge is 0.270 e. The number of carbonyl (C=O) groups is 1. The van der Waals surface area contributed by atoms with Gasteiger partial charge in [-0.3, -0.25) is 9.69 Å². The van der Waals surface area contributed by atoms with Gasteiger partial charge in [0.2, 0.25) is 0 Å². The molecule has 0 radical (unpaired) electrons. The summed E-state index contributed by atoms with van der Waals surface area (Å²) in [6.07, 6.45) is 1.91. The number of thiocarbonyl (C=S) groups is 1. The fraction of sp³-hybridized carbons (Fsp3) is 0.158. The molecule has 0 unspecified atom stereocenters. The lowest BCUT2D eigenvalue weighted by Crippen LogP contribution is -2.28. The van der Waals surface area contributed by atoms with Crippen LogP contribution in [-0.4, -0.2) is 10.2 Å². The maximum Gasteiger partial charge on any atom is 0.270 e. The minimum absolute atomic E-state index is 0.0486. The molecule has 0 atom stereocenters. The molecule has 116 valence electrons. The third-order valence-electron chi connectivity index (χ3n) is 3.76. The third kappa shape index (κ3) is 3.23. The predicted octanol–water partition coefficient (Wildman–Crippen LogP) is 5.02. The van der Waals surface area contributed by atoms with Crippen LogP contribution in [0.3, 0.4) is 0 Å². The Kier molecular flexibility index (Phi) is 4.37. The minimum atomic E-state index is -0.0486. The number of aryl methyl sites for hydroxylation is 3. The van der Waals surface area contributed by atoms with Gasteiger partial charge in [0, 0.05) is 0 Å². The van der Waals surface area contributed by atoms with E-state index in [0.29, 0.717) is 9.23 Å². The number of hydrogen-bond acceptors (Lipinski definition) is 3. The first-order chi connectivity index (χ1) is 11.0. The maximum atomic E-state index is 12.8. The summed E-state index contributed by atoms with van der Waals surface area (Å²) in [6.45, 7) is 6.09. The molecule has 0 spiro atoms. The molecule has 4 heteroatoms. The highest BCUT2D eigenvalue weighted by Crippen LogP contribution is 2.37. The summed E-state index contributed by atoms with van der Waals surface area (Å²) in [4.78, 5) is 15.1. The SMILES string of the molecule is Cc1ccc(/C=C2\SC(=S)N(c3ccc(C)cc3C)C2=O)cc1. The van der Waals surface area contributed by atoms with E-state index in [1.807, 2.05) is 63.2 Å². The zero-order chi connectivity index (χ0) is 16.6. The number of amides is 1. The number of anilines is 1. The molecule has 1 aliphatic rings. The summed E-state index contributed by atoms with van der Waals surface area (Å²) in [5.41, 5.74) is 5.30. The Balaban J connectivity index is 1.95. The predicted molar refractivity (Wildman–Crippen MR) is 103 cm³/mol. The van der Waals surface area contributed by atoms with Crippen molar-refractivity contribution in [3.63, 3.8) is 0 Å². The minimum Gasteiger partial charge on any atom is -0.268 e. The van der Waals surface area contributed by atoms with Gasteiger partial charge in [-0.05, 0) is 44.0 Å². The van der Waals surface area contributed by atoms with Gasteiger partial charge in [-0.1, -0.05) is 71.5 Å². The van der Waals surface area contributed by atoms with Crippen LogP contribution in [0.1, 0.15) is 22.3 Å². The molecule has 23 heavy (non-hydrogen) atoms. The zero-order valence-electron chi connectivity index (χ0n) is 13.3. The molecule has 0 aromatic heterocycles. The van der Waals surface area contributed by atoms with Crippen molar-refractivity contribution in [3.8, 4) is 0 Å². The molecular weight excluding hydrogens is 322 g/mol. The van der Waals surface area contributed by atoms with Gasteiger partial charge in [0.05, 0.1) is 10.6 Å². The van der Waals surface area contributed by atoms with Crippen LogP contribution in [-0.2, 0) is 4.79 Å². The van der Waals surface area contributed by atoms with Crippen LogP contribution in [0, 0.1) is 20.8 Å². The first kappa shape index (κ1) is 16.0. The van der Waals surface area contributed by atoms with Crippen molar-refractivity contribution in [2.24, 2.45) is 0 Å². The van der Waals surface area contributed by atoms with Gasteiger partial charge in [-0.15, -0.1) is 0 Å². The molecular formula is C19H17NOS2. The lowest BCUT2D eigenvalue weighted by atomic mass is 10.1. The quantitative estimate of drug-likeness (QED) is 0.566. The number of rotatable bonds is 2. The molecule has 1 saturated heterocycles. The molecule has 1 aliphatic heterocycles. The highest BCUT2D eigenvalue weighted by atomic mass is 32.2. The van der Waals surface area contributed by atoms with E-state index in [1.165, 1.54) is 22.9 Å². The standard InChI is InChI=1S/C19H17NOS2/c1-12-4-7-15(8-5-12)11-17-18(21)20(19(22)23-17)16-9-6-13(2)10-14(16)3/h4-11H,1-3H3/b17-11-. The van der Waals surface area contributed by atoms with Crippen LogP contribution in [0.15, 0.2) is 47.4 Å². The van der Waals surface area contributed by atoms with Crippen LogP contribution >= 0.6 is 24.0 Å². The first-order valence-electron chi connectivity index (χ1n) is 7.37. The van der Waals surface area contributed by atoms with E-state index >= 15 is 0 Å². The lowest BCUT2D eigenvalue weighted by Gasteiger charge is -2.17. The average molecular weight is 339 g/mol. The Labute approximate surface area is 146 Å². The van der Waals surface area contributed by atoms with E-state index in [2.05, 4.69) is 6.07 Å². The number of carbonyl (C=O) groups excluding carboxylic acids is 1. The number of thioether (sulfide) groups is 1. The number of benzene rings is 2. The molecule has 3 rings (SSSR count). The third-order valence-corrected chi connectivity index (χ3v) is 5.06.